The zero-order valence-electron chi connectivity index (χ0n) is 12.1. The molecule has 0 amide bonds. The highest BCUT2D eigenvalue weighted by atomic mass is 15.2. The normalized spacial score (nSPS) is 13.4. The van der Waals surface area contributed by atoms with Crippen molar-refractivity contribution in [3.05, 3.63) is 47.7 Å². The summed E-state index contributed by atoms with van der Waals surface area (Å²) >= 11 is 0. The maximum absolute atomic E-state index is 2.48. The van der Waals surface area contributed by atoms with Crippen molar-refractivity contribution in [2.75, 3.05) is 4.90 Å². The number of anilines is 1. The average Bonchev–Trinajstić information content (AvgIpc) is 2.38. The maximum atomic E-state index is 2.48. The molecule has 2 nitrogen and oxygen atoms in total. The van der Waals surface area contributed by atoms with Crippen LogP contribution in [0.15, 0.2) is 36.5 Å². The molecule has 0 spiro atoms. The molecular formula is C17H21N2+. The molecular weight excluding hydrogens is 232 g/mol. The minimum Gasteiger partial charge on any atom is -0.359 e. The van der Waals surface area contributed by atoms with E-state index in [-0.39, 0.29) is 0 Å². The third kappa shape index (κ3) is 1.83. The molecule has 0 radical (unpaired) electrons. The molecule has 1 aromatic carbocycles. The lowest BCUT2D eigenvalue weighted by molar-refractivity contribution is -0.660. The molecule has 1 aromatic heterocycles. The topological polar surface area (TPSA) is 7.12 Å². The fourth-order valence-electron chi connectivity index (χ4n) is 3.06. The molecule has 2 heteroatoms. The second-order valence-electron chi connectivity index (χ2n) is 5.68. The third-order valence-corrected chi connectivity index (χ3v) is 4.03. The summed E-state index contributed by atoms with van der Waals surface area (Å²) in [5.74, 6) is 0. The van der Waals surface area contributed by atoms with Gasteiger partial charge in [0.15, 0.2) is 6.20 Å². The Morgan fingerprint density at radius 3 is 2.68 bits per heavy atom. The molecule has 0 bridgehead atoms. The van der Waals surface area contributed by atoms with E-state index in [9.17, 15) is 0 Å². The van der Waals surface area contributed by atoms with E-state index < -0.39 is 0 Å². The first-order valence-corrected chi connectivity index (χ1v) is 6.93. The van der Waals surface area contributed by atoms with Crippen LogP contribution in [0.4, 0.5) is 5.69 Å². The van der Waals surface area contributed by atoms with Gasteiger partial charge in [0.05, 0.1) is 5.56 Å². The van der Waals surface area contributed by atoms with Gasteiger partial charge in [-0.3, -0.25) is 0 Å². The second-order valence-corrected chi connectivity index (χ2v) is 5.68. The summed E-state index contributed by atoms with van der Waals surface area (Å²) in [4.78, 5) is 2.48. The van der Waals surface area contributed by atoms with Crippen molar-refractivity contribution in [2.24, 2.45) is 7.05 Å². The van der Waals surface area contributed by atoms with Crippen LogP contribution in [0, 0.1) is 6.92 Å². The SMILES string of the molecule is Cc1cccc2c1-c1c(ccc[n+]1C)N(C(C)C)C2. The number of rotatable bonds is 1. The Balaban J connectivity index is 2.33. The van der Waals surface area contributed by atoms with Crippen LogP contribution in [0.1, 0.15) is 25.0 Å². The highest BCUT2D eigenvalue weighted by Gasteiger charge is 2.30. The van der Waals surface area contributed by atoms with Crippen molar-refractivity contribution >= 4 is 5.69 Å². The molecule has 3 rings (SSSR count). The third-order valence-electron chi connectivity index (χ3n) is 4.03. The number of pyridine rings is 1. The molecule has 2 aromatic rings. The van der Waals surface area contributed by atoms with Crippen LogP contribution in [0.2, 0.25) is 0 Å². The molecule has 0 unspecified atom stereocenters. The van der Waals surface area contributed by atoms with Crippen LogP contribution in [-0.4, -0.2) is 6.04 Å². The van der Waals surface area contributed by atoms with Crippen molar-refractivity contribution in [3.63, 3.8) is 0 Å². The summed E-state index contributed by atoms with van der Waals surface area (Å²) in [6, 6.07) is 11.5. The molecule has 0 atom stereocenters. The molecule has 1 aliphatic heterocycles. The van der Waals surface area contributed by atoms with Gasteiger partial charge in [-0.05, 0) is 38.0 Å². The summed E-state index contributed by atoms with van der Waals surface area (Å²) in [5, 5.41) is 0. The van der Waals surface area contributed by atoms with E-state index in [1.165, 1.54) is 28.1 Å². The Hall–Kier alpha value is -1.83. The maximum Gasteiger partial charge on any atom is 0.236 e. The molecule has 0 fully saturated rings. The molecule has 98 valence electrons. The van der Waals surface area contributed by atoms with Gasteiger partial charge in [-0.15, -0.1) is 0 Å². The van der Waals surface area contributed by atoms with Crippen molar-refractivity contribution in [2.45, 2.75) is 33.4 Å². The summed E-state index contributed by atoms with van der Waals surface area (Å²) in [5.41, 5.74) is 6.90. The van der Waals surface area contributed by atoms with Gasteiger partial charge in [0.25, 0.3) is 0 Å². The standard InChI is InChI=1S/C17H21N2/c1-12(2)19-11-14-8-5-7-13(3)16(14)17-15(19)9-6-10-18(17)4/h5-10,12H,11H2,1-4H3/q+1. The molecule has 0 aliphatic carbocycles. The highest BCUT2D eigenvalue weighted by Crippen LogP contribution is 2.39. The number of nitrogens with zero attached hydrogens (tertiary/aromatic N) is 2. The molecule has 0 saturated heterocycles. The Labute approximate surface area is 115 Å². The monoisotopic (exact) mass is 253 g/mol. The minimum absolute atomic E-state index is 0.509. The van der Waals surface area contributed by atoms with E-state index in [1.807, 2.05) is 0 Å². The lowest BCUT2D eigenvalue weighted by Gasteiger charge is -2.34. The largest absolute Gasteiger partial charge is 0.359 e. The van der Waals surface area contributed by atoms with Crippen LogP contribution < -0.4 is 9.47 Å². The van der Waals surface area contributed by atoms with E-state index in [1.54, 1.807) is 0 Å². The summed E-state index contributed by atoms with van der Waals surface area (Å²) in [7, 11) is 2.14. The van der Waals surface area contributed by atoms with Gasteiger partial charge in [-0.2, -0.15) is 4.57 Å². The fraction of sp³-hybridized carbons (Fsp3) is 0.353. The highest BCUT2D eigenvalue weighted by molar-refractivity contribution is 5.80. The van der Waals surface area contributed by atoms with E-state index in [0.29, 0.717) is 6.04 Å². The van der Waals surface area contributed by atoms with Gasteiger partial charge in [0.1, 0.15) is 12.7 Å². The Morgan fingerprint density at radius 2 is 1.95 bits per heavy atom. The average molecular weight is 253 g/mol. The molecule has 2 heterocycles. The number of hydrogen-bond acceptors (Lipinski definition) is 1. The van der Waals surface area contributed by atoms with E-state index in [0.717, 1.165) is 6.54 Å². The number of aromatic nitrogens is 1. The zero-order chi connectivity index (χ0) is 13.6. The van der Waals surface area contributed by atoms with Crippen LogP contribution in [0.5, 0.6) is 0 Å². The quantitative estimate of drug-likeness (QED) is 0.708. The smallest absolute Gasteiger partial charge is 0.236 e. The number of fused-ring (bicyclic) bond motifs is 3. The summed E-state index contributed by atoms with van der Waals surface area (Å²) in [6.45, 7) is 7.74. The minimum atomic E-state index is 0.509. The number of aryl methyl sites for hydroxylation is 2. The van der Waals surface area contributed by atoms with Crippen molar-refractivity contribution in [1.82, 2.24) is 0 Å². The van der Waals surface area contributed by atoms with Gasteiger partial charge in [-0.25, -0.2) is 0 Å². The van der Waals surface area contributed by atoms with Gasteiger partial charge in [0, 0.05) is 18.7 Å². The van der Waals surface area contributed by atoms with Gasteiger partial charge < -0.3 is 4.90 Å². The first-order chi connectivity index (χ1) is 9.09. The lowest BCUT2D eigenvalue weighted by atomic mass is 9.92. The van der Waals surface area contributed by atoms with E-state index >= 15 is 0 Å². The summed E-state index contributed by atoms with van der Waals surface area (Å²) < 4.78 is 2.25. The predicted octanol–water partition coefficient (Wildman–Crippen LogP) is 3.21. The van der Waals surface area contributed by atoms with Crippen molar-refractivity contribution < 1.29 is 4.57 Å². The van der Waals surface area contributed by atoms with E-state index in [4.69, 9.17) is 0 Å². The van der Waals surface area contributed by atoms with Gasteiger partial charge in [-0.1, -0.05) is 18.2 Å². The van der Waals surface area contributed by atoms with Crippen molar-refractivity contribution in [3.8, 4) is 11.3 Å². The fourth-order valence-corrected chi connectivity index (χ4v) is 3.06. The number of hydrogen-bond donors (Lipinski definition) is 0. The number of benzene rings is 1. The lowest BCUT2D eigenvalue weighted by Crippen LogP contribution is -2.40. The molecule has 19 heavy (non-hydrogen) atoms. The van der Waals surface area contributed by atoms with Crippen molar-refractivity contribution in [1.29, 1.82) is 0 Å². The van der Waals surface area contributed by atoms with Crippen LogP contribution in [0.25, 0.3) is 11.3 Å². The van der Waals surface area contributed by atoms with Gasteiger partial charge >= 0.3 is 0 Å². The Bertz CT molecular complexity index is 629. The molecule has 0 saturated carbocycles. The van der Waals surface area contributed by atoms with Gasteiger partial charge in [0.2, 0.25) is 5.69 Å². The Kier molecular flexibility index (Phi) is 2.81. The van der Waals surface area contributed by atoms with Crippen LogP contribution in [0.3, 0.4) is 0 Å². The zero-order valence-corrected chi connectivity index (χ0v) is 12.1. The predicted molar refractivity (Wildman–Crippen MR) is 79.1 cm³/mol. The Morgan fingerprint density at radius 1 is 1.16 bits per heavy atom. The first-order valence-electron chi connectivity index (χ1n) is 6.93. The second kappa shape index (κ2) is 4.37. The molecule has 1 aliphatic rings. The first kappa shape index (κ1) is 12.2. The summed E-state index contributed by atoms with van der Waals surface area (Å²) in [6.07, 6.45) is 2.14. The van der Waals surface area contributed by atoms with Crippen LogP contribution >= 0.6 is 0 Å². The molecule has 0 N–H and O–H groups in total. The van der Waals surface area contributed by atoms with Crippen LogP contribution in [-0.2, 0) is 13.6 Å². The van der Waals surface area contributed by atoms with E-state index in [2.05, 4.69) is 73.8 Å².